The molecular formula is C16H18N4O3. The van der Waals surface area contributed by atoms with Gasteiger partial charge in [-0.3, -0.25) is 15.0 Å². The largest absolute Gasteiger partial charge is 0.354 e. The predicted molar refractivity (Wildman–Crippen MR) is 84.4 cm³/mol. The Morgan fingerprint density at radius 3 is 2.83 bits per heavy atom. The van der Waals surface area contributed by atoms with Gasteiger partial charge < -0.3 is 9.84 Å². The molecule has 4 rings (SSSR count). The van der Waals surface area contributed by atoms with Crippen LogP contribution in [0.5, 0.6) is 0 Å². The van der Waals surface area contributed by atoms with E-state index >= 15 is 0 Å². The Labute approximate surface area is 133 Å². The van der Waals surface area contributed by atoms with Crippen molar-refractivity contribution in [3.63, 3.8) is 0 Å². The van der Waals surface area contributed by atoms with Gasteiger partial charge in [0.05, 0.1) is 5.39 Å². The molecule has 1 aromatic heterocycles. The summed E-state index contributed by atoms with van der Waals surface area (Å²) >= 11 is 0. The molecule has 2 saturated heterocycles. The topological polar surface area (TPSA) is 87.5 Å². The number of carbonyl (C=O) groups excluding carboxylic acids is 2. The molecular weight excluding hydrogens is 296 g/mol. The maximum atomic E-state index is 12.0. The number of fused-ring (bicyclic) bond motifs is 1. The van der Waals surface area contributed by atoms with Crippen LogP contribution >= 0.6 is 0 Å². The van der Waals surface area contributed by atoms with E-state index in [0.29, 0.717) is 23.9 Å². The van der Waals surface area contributed by atoms with Gasteiger partial charge in [0.1, 0.15) is 0 Å². The molecule has 2 aliphatic heterocycles. The first-order valence-electron chi connectivity index (χ1n) is 7.94. The maximum Gasteiger partial charge on any atom is 0.329 e. The van der Waals surface area contributed by atoms with Gasteiger partial charge in [-0.2, -0.15) is 0 Å². The molecule has 1 aromatic carbocycles. The van der Waals surface area contributed by atoms with Crippen molar-refractivity contribution in [3.05, 3.63) is 23.8 Å². The van der Waals surface area contributed by atoms with Crippen LogP contribution in [0.4, 0.5) is 10.6 Å². The third-order valence-electron chi connectivity index (χ3n) is 4.60. The highest BCUT2D eigenvalue weighted by atomic mass is 16.5. The summed E-state index contributed by atoms with van der Waals surface area (Å²) in [5.74, 6) is 0.749. The lowest BCUT2D eigenvalue weighted by Crippen LogP contribution is -2.49. The Balaban J connectivity index is 1.65. The summed E-state index contributed by atoms with van der Waals surface area (Å²) in [7, 11) is 0. The Morgan fingerprint density at radius 2 is 2.04 bits per heavy atom. The highest BCUT2D eigenvalue weighted by molar-refractivity contribution is 6.08. The highest BCUT2D eigenvalue weighted by Crippen LogP contribution is 2.32. The molecule has 2 N–H and O–H groups in total. The van der Waals surface area contributed by atoms with Gasteiger partial charge in [0.25, 0.3) is 0 Å². The molecule has 0 unspecified atom stereocenters. The molecule has 7 nitrogen and oxygen atoms in total. The zero-order valence-electron chi connectivity index (χ0n) is 12.7. The zero-order valence-corrected chi connectivity index (χ0v) is 12.7. The van der Waals surface area contributed by atoms with E-state index in [1.807, 2.05) is 12.1 Å². The lowest BCUT2D eigenvalue weighted by atomic mass is 9.90. The number of anilines is 1. The number of benzene rings is 1. The van der Waals surface area contributed by atoms with Crippen molar-refractivity contribution in [1.29, 1.82) is 0 Å². The van der Waals surface area contributed by atoms with E-state index in [2.05, 4.69) is 21.9 Å². The Hall–Kier alpha value is -2.41. The third kappa shape index (κ3) is 2.57. The van der Waals surface area contributed by atoms with Gasteiger partial charge >= 0.3 is 6.03 Å². The van der Waals surface area contributed by atoms with E-state index in [4.69, 9.17) is 4.52 Å². The van der Waals surface area contributed by atoms with Crippen LogP contribution in [0.15, 0.2) is 22.7 Å². The van der Waals surface area contributed by atoms with Crippen LogP contribution in [-0.4, -0.2) is 36.7 Å². The van der Waals surface area contributed by atoms with Crippen molar-refractivity contribution < 1.29 is 14.1 Å². The summed E-state index contributed by atoms with van der Waals surface area (Å²) in [6.45, 7) is 2.39. The van der Waals surface area contributed by atoms with Crippen LogP contribution < -0.4 is 15.5 Å². The number of hydrogen-bond donors (Lipinski definition) is 2. The molecule has 0 saturated carbocycles. The SMILES string of the molecule is O=C1CCN(c2noc3cc(C4CCNCC4)ccc23)C(=O)N1. The Bertz CT molecular complexity index is 764. The van der Waals surface area contributed by atoms with Crippen molar-refractivity contribution in [2.45, 2.75) is 25.2 Å². The molecule has 0 spiro atoms. The van der Waals surface area contributed by atoms with Gasteiger partial charge in [0, 0.05) is 13.0 Å². The molecule has 3 amide bonds. The number of aromatic nitrogens is 1. The van der Waals surface area contributed by atoms with Gasteiger partial charge in [0.15, 0.2) is 11.4 Å². The van der Waals surface area contributed by atoms with Crippen molar-refractivity contribution >= 4 is 28.7 Å². The molecule has 23 heavy (non-hydrogen) atoms. The van der Waals surface area contributed by atoms with Crippen LogP contribution in [0.1, 0.15) is 30.7 Å². The van der Waals surface area contributed by atoms with Gasteiger partial charge in [-0.15, -0.1) is 0 Å². The minimum Gasteiger partial charge on any atom is -0.354 e. The van der Waals surface area contributed by atoms with Crippen molar-refractivity contribution in [3.8, 4) is 0 Å². The monoisotopic (exact) mass is 314 g/mol. The van der Waals surface area contributed by atoms with E-state index < -0.39 is 6.03 Å². The Morgan fingerprint density at radius 1 is 1.22 bits per heavy atom. The summed E-state index contributed by atoms with van der Waals surface area (Å²) in [6, 6.07) is 5.63. The lowest BCUT2D eigenvalue weighted by Gasteiger charge is -2.24. The van der Waals surface area contributed by atoms with Crippen LogP contribution in [0.3, 0.4) is 0 Å². The first-order chi connectivity index (χ1) is 11.2. The Kier molecular flexibility index (Phi) is 3.49. The lowest BCUT2D eigenvalue weighted by molar-refractivity contribution is -0.120. The van der Waals surface area contributed by atoms with Gasteiger partial charge in [-0.05, 0) is 49.5 Å². The van der Waals surface area contributed by atoms with E-state index in [1.54, 1.807) is 0 Å². The average molecular weight is 314 g/mol. The van der Waals surface area contributed by atoms with Crippen LogP contribution in [0, 0.1) is 0 Å². The van der Waals surface area contributed by atoms with Gasteiger partial charge in [0.2, 0.25) is 5.91 Å². The summed E-state index contributed by atoms with van der Waals surface area (Å²) in [5, 5.41) is 10.5. The normalized spacial score (nSPS) is 20.1. The fourth-order valence-corrected chi connectivity index (χ4v) is 3.31. The fourth-order valence-electron chi connectivity index (χ4n) is 3.31. The molecule has 7 heteroatoms. The summed E-state index contributed by atoms with van der Waals surface area (Å²) < 4.78 is 5.44. The van der Waals surface area contributed by atoms with Crippen LogP contribution in [0.25, 0.3) is 11.0 Å². The number of piperidine rings is 1. The molecule has 120 valence electrons. The molecule has 0 aliphatic carbocycles. The molecule has 0 radical (unpaired) electrons. The molecule has 2 fully saturated rings. The van der Waals surface area contributed by atoms with E-state index in [1.165, 1.54) is 10.5 Å². The van der Waals surface area contributed by atoms with Gasteiger partial charge in [-0.1, -0.05) is 11.2 Å². The maximum absolute atomic E-state index is 12.0. The predicted octanol–water partition coefficient (Wildman–Crippen LogP) is 1.74. The number of carbonyl (C=O) groups is 2. The minimum absolute atomic E-state index is 0.257. The first-order valence-corrected chi connectivity index (χ1v) is 7.94. The molecule has 2 aliphatic rings. The van der Waals surface area contributed by atoms with Gasteiger partial charge in [-0.25, -0.2) is 4.79 Å². The number of urea groups is 1. The zero-order chi connectivity index (χ0) is 15.8. The summed E-state index contributed by atoms with van der Waals surface area (Å²) in [6.07, 6.45) is 2.50. The number of nitrogens with one attached hydrogen (secondary N) is 2. The van der Waals surface area contributed by atoms with Crippen molar-refractivity contribution in [2.24, 2.45) is 0 Å². The summed E-state index contributed by atoms with van der Waals surface area (Å²) in [4.78, 5) is 24.7. The number of amides is 3. The standard InChI is InChI=1S/C16H18N4O3/c21-14-5-8-20(16(22)18-14)15-12-2-1-11(9-13(12)23-19-15)10-3-6-17-7-4-10/h1-2,9-10,17H,3-8H2,(H,18,21,22). The molecule has 2 aromatic rings. The number of hydrogen-bond acceptors (Lipinski definition) is 5. The third-order valence-corrected chi connectivity index (χ3v) is 4.60. The number of nitrogens with zero attached hydrogens (tertiary/aromatic N) is 2. The minimum atomic E-state index is -0.445. The fraction of sp³-hybridized carbons (Fsp3) is 0.438. The van der Waals surface area contributed by atoms with Crippen LogP contribution in [0.2, 0.25) is 0 Å². The first kappa shape index (κ1) is 14.2. The number of imide groups is 1. The van der Waals surface area contributed by atoms with E-state index in [-0.39, 0.29) is 12.3 Å². The number of rotatable bonds is 2. The second kappa shape index (κ2) is 5.66. The van der Waals surface area contributed by atoms with Crippen LogP contribution in [-0.2, 0) is 4.79 Å². The quantitative estimate of drug-likeness (QED) is 0.881. The van der Waals surface area contributed by atoms with Crippen molar-refractivity contribution in [1.82, 2.24) is 15.8 Å². The highest BCUT2D eigenvalue weighted by Gasteiger charge is 2.28. The molecule has 0 atom stereocenters. The van der Waals surface area contributed by atoms with E-state index in [0.717, 1.165) is 31.3 Å². The smallest absolute Gasteiger partial charge is 0.329 e. The average Bonchev–Trinajstić information content (AvgIpc) is 2.99. The van der Waals surface area contributed by atoms with Crippen molar-refractivity contribution in [2.75, 3.05) is 24.5 Å². The second-order valence-corrected chi connectivity index (χ2v) is 6.04. The molecule has 0 bridgehead atoms. The summed E-state index contributed by atoms with van der Waals surface area (Å²) in [5.41, 5.74) is 1.93. The van der Waals surface area contributed by atoms with E-state index in [9.17, 15) is 9.59 Å². The second-order valence-electron chi connectivity index (χ2n) is 6.04. The molecule has 3 heterocycles.